The van der Waals surface area contributed by atoms with E-state index in [0.29, 0.717) is 29.6 Å². The summed E-state index contributed by atoms with van der Waals surface area (Å²) in [5.74, 6) is 2.25. The minimum atomic E-state index is -0.105. The van der Waals surface area contributed by atoms with E-state index in [1.165, 1.54) is 25.7 Å². The van der Waals surface area contributed by atoms with Crippen LogP contribution in [0.15, 0.2) is 30.3 Å². The van der Waals surface area contributed by atoms with E-state index in [1.54, 1.807) is 0 Å². The van der Waals surface area contributed by atoms with Gasteiger partial charge in [-0.3, -0.25) is 9.59 Å². The molecular weight excluding hydrogens is 456 g/mol. The fraction of sp³-hybridized carbons (Fsp3) is 0.758. The number of fused-ring (bicyclic) bond motifs is 2. The molecule has 5 fully saturated rings. The van der Waals surface area contributed by atoms with Crippen LogP contribution in [0.5, 0.6) is 0 Å². The highest BCUT2D eigenvalue weighted by Crippen LogP contribution is 2.87. The van der Waals surface area contributed by atoms with Gasteiger partial charge in [0.25, 0.3) is 5.91 Å². The number of benzene rings is 1. The molecule has 1 aromatic rings. The maximum atomic E-state index is 14.4. The molecule has 0 radical (unpaired) electrons. The molecule has 0 heterocycles. The summed E-state index contributed by atoms with van der Waals surface area (Å²) < 4.78 is 0. The van der Waals surface area contributed by atoms with Crippen molar-refractivity contribution in [2.24, 2.45) is 44.8 Å². The molecule has 4 heteroatoms. The minimum absolute atomic E-state index is 0.0171. The average molecular weight is 505 g/mol. The van der Waals surface area contributed by atoms with E-state index in [9.17, 15) is 9.59 Å². The van der Waals surface area contributed by atoms with Crippen molar-refractivity contribution in [1.82, 2.24) is 10.2 Å². The van der Waals surface area contributed by atoms with Crippen molar-refractivity contribution in [3.63, 3.8) is 0 Å². The van der Waals surface area contributed by atoms with Gasteiger partial charge in [-0.1, -0.05) is 45.9 Å². The number of ketones is 1. The van der Waals surface area contributed by atoms with Crippen LogP contribution in [0.4, 0.5) is 0 Å². The third kappa shape index (κ3) is 3.06. The lowest BCUT2D eigenvalue weighted by Crippen LogP contribution is -2.62. The summed E-state index contributed by atoms with van der Waals surface area (Å²) >= 11 is 0. The molecule has 5 saturated carbocycles. The number of hydrogen-bond donors (Lipinski definition) is 1. The maximum Gasteiger partial charge on any atom is 0.251 e. The third-order valence-electron chi connectivity index (χ3n) is 13.7. The zero-order valence-electron chi connectivity index (χ0n) is 24.2. The number of Topliss-reactive ketones (excluding diaryl/α,β-unsaturated/α-hetero) is 1. The summed E-state index contributed by atoms with van der Waals surface area (Å²) in [6.07, 6.45) is 8.85. The molecule has 0 saturated heterocycles. The SMILES string of the molecule is C[C@@H]([C@H]1CC[C@@]2(C)[C@H]3CC[C@H]4C(C)(C)[C@@H](NC(=O)c5ccccc5)CC[C@@]45C[C@@]35C(=O)C[C@]12C)N(C)C. The Kier molecular flexibility index (Phi) is 5.48. The number of rotatable bonds is 4. The number of carbonyl (C=O) groups is 2. The van der Waals surface area contributed by atoms with Gasteiger partial charge in [-0.2, -0.15) is 0 Å². The molecule has 0 unspecified atom stereocenters. The zero-order chi connectivity index (χ0) is 26.6. The molecule has 1 amide bonds. The molecule has 0 bridgehead atoms. The molecule has 37 heavy (non-hydrogen) atoms. The Morgan fingerprint density at radius 1 is 0.946 bits per heavy atom. The van der Waals surface area contributed by atoms with Gasteiger partial charge in [0.15, 0.2) is 0 Å². The Morgan fingerprint density at radius 3 is 2.30 bits per heavy atom. The van der Waals surface area contributed by atoms with Crippen LogP contribution in [-0.2, 0) is 4.79 Å². The molecule has 6 rings (SSSR count). The molecule has 9 atom stereocenters. The van der Waals surface area contributed by atoms with Gasteiger partial charge in [-0.25, -0.2) is 0 Å². The first-order valence-corrected chi connectivity index (χ1v) is 14.9. The van der Waals surface area contributed by atoms with Crippen molar-refractivity contribution in [1.29, 1.82) is 0 Å². The summed E-state index contributed by atoms with van der Waals surface area (Å²) in [6.45, 7) is 12.2. The summed E-state index contributed by atoms with van der Waals surface area (Å²) in [4.78, 5) is 29.9. The van der Waals surface area contributed by atoms with Gasteiger partial charge >= 0.3 is 0 Å². The molecule has 4 nitrogen and oxygen atoms in total. The average Bonchev–Trinajstić information content (AvgIpc) is 3.47. The Labute approximate surface area is 224 Å². The van der Waals surface area contributed by atoms with Gasteiger partial charge in [0.2, 0.25) is 0 Å². The number of carbonyl (C=O) groups excluding carboxylic acids is 2. The second kappa shape index (κ2) is 7.93. The first-order chi connectivity index (χ1) is 17.3. The summed E-state index contributed by atoms with van der Waals surface area (Å²) in [6, 6.07) is 10.3. The molecule has 2 spiro atoms. The lowest BCUT2D eigenvalue weighted by atomic mass is 9.41. The Hall–Kier alpha value is -1.68. The topological polar surface area (TPSA) is 49.4 Å². The first kappa shape index (κ1) is 25.6. The Balaban J connectivity index is 1.29. The van der Waals surface area contributed by atoms with Crippen LogP contribution in [-0.4, -0.2) is 42.8 Å². The highest BCUT2D eigenvalue weighted by atomic mass is 16.1. The summed E-state index contributed by atoms with van der Waals surface area (Å²) in [5, 5.41) is 3.43. The third-order valence-corrected chi connectivity index (χ3v) is 13.7. The molecule has 0 aromatic heterocycles. The molecule has 202 valence electrons. The van der Waals surface area contributed by atoms with Crippen LogP contribution in [0.3, 0.4) is 0 Å². The van der Waals surface area contributed by atoms with Crippen molar-refractivity contribution in [2.75, 3.05) is 14.1 Å². The number of hydrogen-bond acceptors (Lipinski definition) is 3. The van der Waals surface area contributed by atoms with Gasteiger partial charge in [0.05, 0.1) is 0 Å². The largest absolute Gasteiger partial charge is 0.349 e. The summed E-state index contributed by atoms with van der Waals surface area (Å²) in [5.41, 5.74) is 1.11. The van der Waals surface area contributed by atoms with E-state index >= 15 is 0 Å². The second-order valence-corrected chi connectivity index (χ2v) is 15.0. The smallest absolute Gasteiger partial charge is 0.251 e. The maximum absolute atomic E-state index is 14.4. The van der Waals surface area contributed by atoms with Gasteiger partial charge in [-0.05, 0) is 118 Å². The number of amides is 1. The monoisotopic (exact) mass is 504 g/mol. The van der Waals surface area contributed by atoms with Gasteiger partial charge in [-0.15, -0.1) is 0 Å². The molecule has 5 aliphatic rings. The number of nitrogens with one attached hydrogen (secondary N) is 1. The minimum Gasteiger partial charge on any atom is -0.349 e. The zero-order valence-corrected chi connectivity index (χ0v) is 24.2. The standard InChI is InChI=1S/C33H48N2O2/c1-21(35(6)7)23-15-17-30(4)25-14-13-24-29(2,3)26(34-28(37)22-11-9-8-10-12-22)16-18-32(24)20-33(25,32)27(36)19-31(23,30)5/h8-12,21,23-26H,13-20H2,1-7H3,(H,34,37)/t21-,23+,24-,25+,26-,30-,31+,32+,33-/m0/s1. The first-order valence-electron chi connectivity index (χ1n) is 14.9. The predicted molar refractivity (Wildman–Crippen MR) is 148 cm³/mol. The molecule has 1 aromatic carbocycles. The highest BCUT2D eigenvalue weighted by molar-refractivity contribution is 5.94. The number of nitrogens with zero attached hydrogens (tertiary/aromatic N) is 1. The van der Waals surface area contributed by atoms with E-state index in [1.807, 2.05) is 30.3 Å². The second-order valence-electron chi connectivity index (χ2n) is 15.0. The Bertz CT molecular complexity index is 1110. The molecule has 1 N–H and O–H groups in total. The van der Waals surface area contributed by atoms with Gasteiger partial charge in [0, 0.05) is 29.5 Å². The van der Waals surface area contributed by atoms with Crippen LogP contribution < -0.4 is 5.32 Å². The van der Waals surface area contributed by atoms with Crippen LogP contribution in [0, 0.1) is 44.8 Å². The predicted octanol–water partition coefficient (Wildman–Crippen LogP) is 6.35. The van der Waals surface area contributed by atoms with Crippen LogP contribution in [0.25, 0.3) is 0 Å². The lowest BCUT2D eigenvalue weighted by molar-refractivity contribution is -0.169. The molecular formula is C33H48N2O2. The van der Waals surface area contributed by atoms with Crippen molar-refractivity contribution < 1.29 is 9.59 Å². The van der Waals surface area contributed by atoms with E-state index in [0.717, 1.165) is 31.2 Å². The van der Waals surface area contributed by atoms with Crippen LogP contribution in [0.1, 0.15) is 96.3 Å². The normalized spacial score (nSPS) is 46.3. The van der Waals surface area contributed by atoms with Crippen molar-refractivity contribution in [3.8, 4) is 0 Å². The van der Waals surface area contributed by atoms with Crippen LogP contribution in [0.2, 0.25) is 0 Å². The van der Waals surface area contributed by atoms with Crippen molar-refractivity contribution in [2.45, 2.75) is 98.1 Å². The van der Waals surface area contributed by atoms with Gasteiger partial charge < -0.3 is 10.2 Å². The molecule has 5 aliphatic carbocycles. The highest BCUT2D eigenvalue weighted by Gasteiger charge is 2.85. The van der Waals surface area contributed by atoms with Gasteiger partial charge in [0.1, 0.15) is 5.78 Å². The van der Waals surface area contributed by atoms with Crippen molar-refractivity contribution >= 4 is 11.7 Å². The van der Waals surface area contributed by atoms with E-state index in [2.05, 4.69) is 58.9 Å². The van der Waals surface area contributed by atoms with Crippen LogP contribution >= 0.6 is 0 Å². The van der Waals surface area contributed by atoms with E-state index in [4.69, 9.17) is 0 Å². The van der Waals surface area contributed by atoms with Crippen molar-refractivity contribution in [3.05, 3.63) is 35.9 Å². The fourth-order valence-electron chi connectivity index (χ4n) is 11.3. The Morgan fingerprint density at radius 2 is 1.62 bits per heavy atom. The molecule has 0 aliphatic heterocycles. The van der Waals surface area contributed by atoms with E-state index in [-0.39, 0.29) is 39.0 Å². The fourth-order valence-corrected chi connectivity index (χ4v) is 11.3. The summed E-state index contributed by atoms with van der Waals surface area (Å²) in [7, 11) is 4.40. The van der Waals surface area contributed by atoms with E-state index < -0.39 is 0 Å². The quantitative estimate of drug-likeness (QED) is 0.520. The lowest BCUT2D eigenvalue weighted by Gasteiger charge is -2.63.